The largest absolute Gasteiger partial charge is 0.382 e. The van der Waals surface area contributed by atoms with Crippen molar-refractivity contribution in [2.24, 2.45) is 0 Å². The van der Waals surface area contributed by atoms with Gasteiger partial charge in [0.25, 0.3) is 5.69 Å². The molecule has 3 rings (SSSR count). The van der Waals surface area contributed by atoms with Crippen LogP contribution in [0.3, 0.4) is 0 Å². The molecular formula is C12H11ClN4O3. The quantitative estimate of drug-likeness (QED) is 0.676. The summed E-state index contributed by atoms with van der Waals surface area (Å²) in [5.74, 6) is 0.314. The monoisotopic (exact) mass is 294 g/mol. The first-order valence-electron chi connectivity index (χ1n) is 5.97. The fraction of sp³-hybridized carbons (Fsp3) is 0.250. The highest BCUT2D eigenvalue weighted by molar-refractivity contribution is 6.32. The van der Waals surface area contributed by atoms with Crippen LogP contribution in [0.5, 0.6) is 0 Å². The van der Waals surface area contributed by atoms with Gasteiger partial charge in [0.05, 0.1) is 28.9 Å². The van der Waals surface area contributed by atoms with Crippen LogP contribution in [-0.4, -0.2) is 21.3 Å². The Labute approximate surface area is 119 Å². The lowest BCUT2D eigenvalue weighted by atomic mass is 10.1. The van der Waals surface area contributed by atoms with Crippen LogP contribution < -0.4 is 5.73 Å². The highest BCUT2D eigenvalue weighted by Gasteiger charge is 2.26. The van der Waals surface area contributed by atoms with Crippen molar-refractivity contribution in [2.75, 3.05) is 12.3 Å². The number of nitrogens with zero attached hydrogens (tertiary/aromatic N) is 3. The van der Waals surface area contributed by atoms with Gasteiger partial charge in [0, 0.05) is 18.1 Å². The topological polar surface area (TPSA) is 96.2 Å². The Balaban J connectivity index is 2.27. The zero-order valence-electron chi connectivity index (χ0n) is 10.4. The Bertz CT molecular complexity index is 698. The van der Waals surface area contributed by atoms with Crippen LogP contribution in [0.1, 0.15) is 11.3 Å². The van der Waals surface area contributed by atoms with Gasteiger partial charge in [-0.3, -0.25) is 10.1 Å². The van der Waals surface area contributed by atoms with Gasteiger partial charge in [0.1, 0.15) is 0 Å². The van der Waals surface area contributed by atoms with Gasteiger partial charge >= 0.3 is 0 Å². The third kappa shape index (κ3) is 1.91. The molecular weight excluding hydrogens is 284 g/mol. The van der Waals surface area contributed by atoms with Gasteiger partial charge in [-0.2, -0.15) is 0 Å². The van der Waals surface area contributed by atoms with Crippen LogP contribution in [0.25, 0.3) is 5.69 Å². The molecule has 0 spiro atoms. The van der Waals surface area contributed by atoms with Crippen molar-refractivity contribution >= 4 is 23.1 Å². The number of aromatic nitrogens is 2. The van der Waals surface area contributed by atoms with Crippen LogP contribution in [0.2, 0.25) is 5.02 Å². The number of fused-ring (bicyclic) bond motifs is 1. The van der Waals surface area contributed by atoms with Crippen LogP contribution in [0, 0.1) is 10.1 Å². The number of hydrogen-bond acceptors (Lipinski definition) is 5. The molecule has 0 unspecified atom stereocenters. The Morgan fingerprint density at radius 3 is 3.05 bits per heavy atom. The first-order valence-corrected chi connectivity index (χ1v) is 6.34. The van der Waals surface area contributed by atoms with Gasteiger partial charge in [-0.1, -0.05) is 17.7 Å². The van der Waals surface area contributed by atoms with E-state index in [1.807, 2.05) is 0 Å². The summed E-state index contributed by atoms with van der Waals surface area (Å²) in [6, 6.07) is 4.52. The number of para-hydroxylation sites is 1. The molecule has 1 aliphatic heterocycles. The standard InChI is InChI=1S/C12H11ClN4O3/c13-8-2-1-3-10(17(18)19)11(8)16-9-4-5-20-6-7(9)12(14)15-16/h1-3H,4-6H2,(H2,14,15). The number of anilines is 1. The Morgan fingerprint density at radius 2 is 2.30 bits per heavy atom. The van der Waals surface area contributed by atoms with E-state index in [4.69, 9.17) is 22.1 Å². The fourth-order valence-electron chi connectivity index (χ4n) is 2.31. The predicted octanol–water partition coefficient (Wildman–Crippen LogP) is 2.09. The minimum Gasteiger partial charge on any atom is -0.382 e. The van der Waals surface area contributed by atoms with Crippen molar-refractivity contribution < 1.29 is 9.66 Å². The first kappa shape index (κ1) is 12.9. The summed E-state index contributed by atoms with van der Waals surface area (Å²) in [6.45, 7) is 0.885. The van der Waals surface area contributed by atoms with E-state index in [0.717, 1.165) is 11.3 Å². The number of nitrogen functional groups attached to an aromatic ring is 1. The van der Waals surface area contributed by atoms with Crippen molar-refractivity contribution in [1.82, 2.24) is 9.78 Å². The number of benzene rings is 1. The maximum atomic E-state index is 11.2. The molecule has 1 aromatic heterocycles. The Hall–Kier alpha value is -2.12. The van der Waals surface area contributed by atoms with Crippen molar-refractivity contribution in [1.29, 1.82) is 0 Å². The molecule has 0 saturated carbocycles. The molecule has 0 fully saturated rings. The first-order chi connectivity index (χ1) is 9.59. The van der Waals surface area contributed by atoms with E-state index >= 15 is 0 Å². The number of ether oxygens (including phenoxy) is 1. The second-order valence-corrected chi connectivity index (χ2v) is 4.80. The molecule has 2 N–H and O–H groups in total. The molecule has 1 aliphatic rings. The highest BCUT2D eigenvalue weighted by Crippen LogP contribution is 2.34. The van der Waals surface area contributed by atoms with Gasteiger partial charge in [0.2, 0.25) is 0 Å². The van der Waals surface area contributed by atoms with E-state index in [2.05, 4.69) is 5.10 Å². The van der Waals surface area contributed by atoms with Gasteiger partial charge in [0.15, 0.2) is 11.5 Å². The van der Waals surface area contributed by atoms with Crippen LogP contribution in [0.4, 0.5) is 11.5 Å². The molecule has 8 heteroatoms. The highest BCUT2D eigenvalue weighted by atomic mass is 35.5. The van der Waals surface area contributed by atoms with Gasteiger partial charge in [-0.05, 0) is 6.07 Å². The molecule has 0 aliphatic carbocycles. The lowest BCUT2D eigenvalue weighted by Crippen LogP contribution is -2.14. The number of nitro benzene ring substituents is 1. The second kappa shape index (κ2) is 4.77. The minimum atomic E-state index is -0.481. The van der Waals surface area contributed by atoms with Crippen molar-refractivity contribution in [3.63, 3.8) is 0 Å². The third-order valence-electron chi connectivity index (χ3n) is 3.22. The number of hydrogen-bond donors (Lipinski definition) is 1. The number of nitro groups is 1. The van der Waals surface area contributed by atoms with Gasteiger partial charge in [-0.25, -0.2) is 4.68 Å². The normalized spacial score (nSPS) is 14.1. The Kier molecular flexibility index (Phi) is 3.07. The zero-order chi connectivity index (χ0) is 14.3. The summed E-state index contributed by atoms with van der Waals surface area (Å²) in [5.41, 5.74) is 7.57. The number of nitrogens with two attached hydrogens (primary N) is 1. The van der Waals surface area contributed by atoms with Crippen LogP contribution in [-0.2, 0) is 17.8 Å². The molecule has 104 valence electrons. The summed E-state index contributed by atoms with van der Waals surface area (Å²) in [4.78, 5) is 10.7. The predicted molar refractivity (Wildman–Crippen MR) is 73.0 cm³/mol. The van der Waals surface area contributed by atoms with Crippen LogP contribution in [0.15, 0.2) is 18.2 Å². The maximum absolute atomic E-state index is 11.2. The maximum Gasteiger partial charge on any atom is 0.296 e. The lowest BCUT2D eigenvalue weighted by Gasteiger charge is -2.15. The van der Waals surface area contributed by atoms with E-state index < -0.39 is 4.92 Å². The minimum absolute atomic E-state index is 0.103. The number of rotatable bonds is 2. The third-order valence-corrected chi connectivity index (χ3v) is 3.53. The zero-order valence-corrected chi connectivity index (χ0v) is 11.1. The molecule has 0 amide bonds. The summed E-state index contributed by atoms with van der Waals surface area (Å²) in [7, 11) is 0. The smallest absolute Gasteiger partial charge is 0.296 e. The molecule has 1 aromatic carbocycles. The van der Waals surface area contributed by atoms with Gasteiger partial charge in [-0.15, -0.1) is 5.10 Å². The summed E-state index contributed by atoms with van der Waals surface area (Å²) >= 11 is 6.12. The van der Waals surface area contributed by atoms with E-state index in [9.17, 15) is 10.1 Å². The van der Waals surface area contributed by atoms with E-state index in [1.165, 1.54) is 16.8 Å². The number of halogens is 1. The second-order valence-electron chi connectivity index (χ2n) is 4.39. The van der Waals surface area contributed by atoms with E-state index in [1.54, 1.807) is 6.07 Å². The van der Waals surface area contributed by atoms with E-state index in [-0.39, 0.29) is 16.4 Å². The molecule has 2 heterocycles. The SMILES string of the molecule is Nc1nn(-c2c(Cl)cccc2[N+](=O)[O-])c2c1COCC2. The fourth-order valence-corrected chi connectivity index (χ4v) is 2.56. The average Bonchev–Trinajstić information content (AvgIpc) is 2.76. The van der Waals surface area contributed by atoms with Crippen LogP contribution >= 0.6 is 11.6 Å². The van der Waals surface area contributed by atoms with Crippen molar-refractivity contribution in [3.8, 4) is 5.69 Å². The summed E-state index contributed by atoms with van der Waals surface area (Å²) in [6.07, 6.45) is 0.585. The average molecular weight is 295 g/mol. The van der Waals surface area contributed by atoms with E-state index in [0.29, 0.717) is 25.5 Å². The lowest BCUT2D eigenvalue weighted by molar-refractivity contribution is -0.384. The Morgan fingerprint density at radius 1 is 1.50 bits per heavy atom. The molecule has 20 heavy (non-hydrogen) atoms. The van der Waals surface area contributed by atoms with Crippen molar-refractivity contribution in [3.05, 3.63) is 44.6 Å². The van der Waals surface area contributed by atoms with Gasteiger partial charge < -0.3 is 10.5 Å². The summed E-state index contributed by atoms with van der Waals surface area (Å²) in [5, 5.41) is 15.6. The summed E-state index contributed by atoms with van der Waals surface area (Å²) < 4.78 is 6.80. The molecule has 0 radical (unpaired) electrons. The molecule has 2 aromatic rings. The molecule has 7 nitrogen and oxygen atoms in total. The van der Waals surface area contributed by atoms with Crippen molar-refractivity contribution in [2.45, 2.75) is 13.0 Å². The molecule has 0 atom stereocenters. The molecule has 0 bridgehead atoms. The molecule has 0 saturated heterocycles.